The van der Waals surface area contributed by atoms with Crippen molar-refractivity contribution < 1.29 is 4.21 Å². The standard InChI is InChI=1S/2C2H6.OS/c3*1-2/h2*1-2H3;. The summed E-state index contributed by atoms with van der Waals surface area (Å²) in [6.45, 7) is 8.00. The highest BCUT2D eigenvalue weighted by Gasteiger charge is 0.934. The minimum atomic E-state index is 2.00. The maximum atomic E-state index is 7.83. The summed E-state index contributed by atoms with van der Waals surface area (Å²) in [7, 11) is 0. The molecule has 6 heavy (non-hydrogen) atoms. The van der Waals surface area contributed by atoms with Crippen LogP contribution in [0.15, 0.2) is 0 Å². The van der Waals surface area contributed by atoms with Crippen LogP contribution < -0.4 is 0 Å². The lowest BCUT2D eigenvalue weighted by atomic mass is 11.0. The summed E-state index contributed by atoms with van der Waals surface area (Å²) in [5.74, 6) is 0. The lowest BCUT2D eigenvalue weighted by Gasteiger charge is -1.07. The lowest BCUT2D eigenvalue weighted by molar-refractivity contribution is 0.702. The summed E-state index contributed by atoms with van der Waals surface area (Å²) in [5, 5.41) is 0. The number of hydrogen-bond donors (Lipinski definition) is 0. The van der Waals surface area contributed by atoms with Gasteiger partial charge in [0.25, 0.3) is 0 Å². The van der Waals surface area contributed by atoms with Gasteiger partial charge in [0.1, 0.15) is 0 Å². The Bertz CT molecular complexity index is 7.51. The highest BCUT2D eigenvalue weighted by Crippen LogP contribution is 1.15. The molecule has 0 heterocycles. The Kier molecular flexibility index (Phi) is 562000. The first-order valence-corrected chi connectivity index (χ1v) is 2.50. The third-order valence-electron chi connectivity index (χ3n) is 0. The third-order valence-corrected chi connectivity index (χ3v) is 0. The zero-order valence-corrected chi connectivity index (χ0v) is 5.63. The SMILES string of the molecule is CC.CC.O=S. The molecule has 0 bridgehead atoms. The second-order valence-corrected chi connectivity index (χ2v) is 0. The fourth-order valence-electron chi connectivity index (χ4n) is 0. The summed E-state index contributed by atoms with van der Waals surface area (Å²) < 4.78 is 7.83. The van der Waals surface area contributed by atoms with Gasteiger partial charge in [0.15, 0.2) is 12.5 Å². The molecule has 0 aromatic carbocycles. The fraction of sp³-hybridized carbons (Fsp3) is 1.00. The third kappa shape index (κ3) is 91700. The molecule has 0 atom stereocenters. The van der Waals surface area contributed by atoms with E-state index in [1.165, 1.54) is 0 Å². The molecule has 0 spiro atoms. The molecule has 0 aromatic rings. The van der Waals surface area contributed by atoms with Gasteiger partial charge in [-0.15, -0.1) is 0 Å². The molecule has 0 aliphatic heterocycles. The Morgan fingerprint density at radius 1 is 0.833 bits per heavy atom. The fourth-order valence-corrected chi connectivity index (χ4v) is 0. The van der Waals surface area contributed by atoms with E-state index in [0.717, 1.165) is 0 Å². The Morgan fingerprint density at radius 3 is 0.833 bits per heavy atom. The van der Waals surface area contributed by atoms with Gasteiger partial charge in [0.2, 0.25) is 0 Å². The first kappa shape index (κ1) is 16.6. The molecule has 2 heteroatoms. The van der Waals surface area contributed by atoms with E-state index in [9.17, 15) is 0 Å². The summed E-state index contributed by atoms with van der Waals surface area (Å²) >= 11 is 2.83. The zero-order chi connectivity index (χ0) is 6.00. The van der Waals surface area contributed by atoms with E-state index in [2.05, 4.69) is 12.5 Å². The molecule has 0 N–H and O–H groups in total. The minimum Gasteiger partial charge on any atom is -0.197 e. The van der Waals surface area contributed by atoms with Crippen LogP contribution in [0, 0.1) is 0 Å². The van der Waals surface area contributed by atoms with Crippen LogP contribution in [-0.4, -0.2) is 4.21 Å². The zero-order valence-electron chi connectivity index (χ0n) is 4.82. The van der Waals surface area contributed by atoms with Crippen LogP contribution in [0.2, 0.25) is 0 Å². The van der Waals surface area contributed by atoms with E-state index in [1.54, 1.807) is 0 Å². The monoisotopic (exact) mass is 108 g/mol. The van der Waals surface area contributed by atoms with Crippen molar-refractivity contribution >= 4 is 12.5 Å². The van der Waals surface area contributed by atoms with Crippen molar-refractivity contribution in [1.82, 2.24) is 0 Å². The van der Waals surface area contributed by atoms with Crippen molar-refractivity contribution in [3.8, 4) is 0 Å². The van der Waals surface area contributed by atoms with Crippen molar-refractivity contribution in [3.63, 3.8) is 0 Å². The van der Waals surface area contributed by atoms with Gasteiger partial charge in [-0.2, -0.15) is 4.21 Å². The molecule has 0 rings (SSSR count). The topological polar surface area (TPSA) is 17.1 Å². The quantitative estimate of drug-likeness (QED) is 0.470. The van der Waals surface area contributed by atoms with Crippen LogP contribution in [0.1, 0.15) is 27.7 Å². The largest absolute Gasteiger partial charge is 0.197 e. The summed E-state index contributed by atoms with van der Waals surface area (Å²) in [4.78, 5) is 0. The van der Waals surface area contributed by atoms with Crippen LogP contribution in [0.25, 0.3) is 0 Å². The Balaban J connectivity index is -0.0000000225. The molecule has 1 nitrogen and oxygen atoms in total. The summed E-state index contributed by atoms with van der Waals surface area (Å²) in [6.07, 6.45) is 0. The van der Waals surface area contributed by atoms with Crippen LogP contribution in [0.5, 0.6) is 0 Å². The predicted octanol–water partition coefficient (Wildman–Crippen LogP) is 1.72. The molecule has 0 amide bonds. The molecule has 0 aliphatic rings. The van der Waals surface area contributed by atoms with Gasteiger partial charge in [-0.05, 0) is 0 Å². The van der Waals surface area contributed by atoms with E-state index in [-0.39, 0.29) is 0 Å². The van der Waals surface area contributed by atoms with Crippen molar-refractivity contribution in [2.75, 3.05) is 0 Å². The molecule has 0 unspecified atom stereocenters. The van der Waals surface area contributed by atoms with Crippen LogP contribution in [0.3, 0.4) is 0 Å². The van der Waals surface area contributed by atoms with E-state index >= 15 is 0 Å². The smallest absolute Gasteiger partial charge is 0.197 e. The molecule has 0 aliphatic carbocycles. The Morgan fingerprint density at radius 2 is 0.833 bits per heavy atom. The van der Waals surface area contributed by atoms with Gasteiger partial charge in [0.05, 0.1) is 0 Å². The summed E-state index contributed by atoms with van der Waals surface area (Å²) in [5.41, 5.74) is 0. The highest BCUT2D eigenvalue weighted by molar-refractivity contribution is 7.44. The maximum Gasteiger partial charge on any atom is 0.197 e. The predicted molar refractivity (Wildman–Crippen MR) is 30.8 cm³/mol. The molecular formula is C4H12OS. The second kappa shape index (κ2) is 203000. The average molecular weight is 108 g/mol. The lowest BCUT2D eigenvalue weighted by Crippen LogP contribution is -0.894. The minimum absolute atomic E-state index is 2.00. The number of rotatable bonds is 0. The van der Waals surface area contributed by atoms with Crippen molar-refractivity contribution in [1.29, 1.82) is 0 Å². The Labute approximate surface area is 45.3 Å². The molecule has 0 saturated carbocycles. The number of hydrogen-bond acceptors (Lipinski definition) is 2. The average Bonchev–Trinajstić information content (AvgIpc) is 1.81. The molecule has 0 radical (unpaired) electrons. The summed E-state index contributed by atoms with van der Waals surface area (Å²) in [6, 6.07) is 0. The second-order valence-electron chi connectivity index (χ2n) is 0. The van der Waals surface area contributed by atoms with Crippen LogP contribution in [-0.2, 0) is 12.5 Å². The van der Waals surface area contributed by atoms with Gasteiger partial charge in [-0.25, -0.2) is 0 Å². The van der Waals surface area contributed by atoms with Gasteiger partial charge in [-0.3, -0.25) is 0 Å². The first-order chi connectivity index (χ1) is 3.00. The highest BCUT2D eigenvalue weighted by atomic mass is 32.1. The van der Waals surface area contributed by atoms with E-state index in [4.69, 9.17) is 4.21 Å². The van der Waals surface area contributed by atoms with E-state index in [0.29, 0.717) is 0 Å². The normalized spacial score (nSPS) is 2.67. The molecular weight excluding hydrogens is 96.1 g/mol. The molecule has 0 fully saturated rings. The van der Waals surface area contributed by atoms with Gasteiger partial charge in [-0.1, -0.05) is 27.7 Å². The van der Waals surface area contributed by atoms with E-state index < -0.39 is 0 Å². The van der Waals surface area contributed by atoms with E-state index in [1.807, 2.05) is 27.7 Å². The van der Waals surface area contributed by atoms with Crippen LogP contribution >= 0.6 is 0 Å². The van der Waals surface area contributed by atoms with Crippen molar-refractivity contribution in [3.05, 3.63) is 0 Å². The van der Waals surface area contributed by atoms with Gasteiger partial charge < -0.3 is 0 Å². The Hall–Kier alpha value is 0.0200. The molecule has 0 aromatic heterocycles. The molecule has 40 valence electrons. The maximum absolute atomic E-state index is 7.83. The van der Waals surface area contributed by atoms with Gasteiger partial charge >= 0.3 is 0 Å². The van der Waals surface area contributed by atoms with Gasteiger partial charge in [0, 0.05) is 0 Å². The van der Waals surface area contributed by atoms with Crippen molar-refractivity contribution in [2.24, 2.45) is 0 Å². The molecule has 0 saturated heterocycles. The van der Waals surface area contributed by atoms with Crippen LogP contribution in [0.4, 0.5) is 0 Å². The van der Waals surface area contributed by atoms with Crippen molar-refractivity contribution in [2.45, 2.75) is 27.7 Å². The first-order valence-electron chi connectivity index (χ1n) is 2.17.